The zero-order valence-corrected chi connectivity index (χ0v) is 9.07. The van der Waals surface area contributed by atoms with Gasteiger partial charge >= 0.3 is 17.3 Å². The van der Waals surface area contributed by atoms with Gasteiger partial charge in [0.25, 0.3) is 0 Å². The Morgan fingerprint density at radius 3 is 2.39 bits per heavy atom. The van der Waals surface area contributed by atoms with Crippen molar-refractivity contribution in [2.45, 2.75) is 6.61 Å². The first-order valence-electron chi connectivity index (χ1n) is 4.66. The van der Waals surface area contributed by atoms with Gasteiger partial charge in [-0.05, 0) is 11.6 Å². The fourth-order valence-corrected chi connectivity index (χ4v) is 1.17. The summed E-state index contributed by atoms with van der Waals surface area (Å²) in [5.41, 5.74) is -0.978. The van der Waals surface area contributed by atoms with Crippen LogP contribution >= 0.6 is 0 Å². The van der Waals surface area contributed by atoms with Crippen LogP contribution in [0.15, 0.2) is 30.9 Å². The molecule has 94 valence electrons. The summed E-state index contributed by atoms with van der Waals surface area (Å²) in [5.74, 6) is -0.684. The van der Waals surface area contributed by atoms with Gasteiger partial charge in [-0.3, -0.25) is 20.2 Å². The molecule has 0 saturated carbocycles. The lowest BCUT2D eigenvalue weighted by molar-refractivity contribution is -0.422. The molecule has 0 fully saturated rings. The van der Waals surface area contributed by atoms with Crippen molar-refractivity contribution in [1.82, 2.24) is 0 Å². The van der Waals surface area contributed by atoms with E-state index in [1.807, 2.05) is 0 Å². The van der Waals surface area contributed by atoms with Gasteiger partial charge < -0.3 is 4.74 Å². The first kappa shape index (κ1) is 13.3. The highest BCUT2D eigenvalue weighted by Gasteiger charge is 2.24. The van der Waals surface area contributed by atoms with Gasteiger partial charge in [0, 0.05) is 18.2 Å². The standard InChI is InChI=1S/C10H8N2O6/c1-2-10(13)18-6-7-3-4-8(11(14)15)9(5-7)12(16)17/h2-5H,1,6H2. The minimum Gasteiger partial charge on any atom is -0.458 e. The Kier molecular flexibility index (Phi) is 4.08. The molecule has 0 radical (unpaired) electrons. The molecule has 0 heterocycles. The van der Waals surface area contributed by atoms with E-state index in [9.17, 15) is 25.0 Å². The average Bonchev–Trinajstić information content (AvgIpc) is 2.35. The van der Waals surface area contributed by atoms with Crippen molar-refractivity contribution in [1.29, 1.82) is 0 Å². The van der Waals surface area contributed by atoms with Gasteiger partial charge in [0.05, 0.1) is 9.85 Å². The first-order valence-corrected chi connectivity index (χ1v) is 4.66. The topological polar surface area (TPSA) is 113 Å². The molecule has 1 aromatic rings. The maximum Gasteiger partial charge on any atom is 0.346 e. The summed E-state index contributed by atoms with van der Waals surface area (Å²) in [4.78, 5) is 30.3. The molecule has 0 aliphatic carbocycles. The van der Waals surface area contributed by atoms with Crippen LogP contribution in [0.25, 0.3) is 0 Å². The van der Waals surface area contributed by atoms with Gasteiger partial charge in [-0.1, -0.05) is 6.58 Å². The van der Waals surface area contributed by atoms with E-state index in [-0.39, 0.29) is 12.2 Å². The minimum absolute atomic E-state index is 0.219. The van der Waals surface area contributed by atoms with E-state index >= 15 is 0 Å². The summed E-state index contributed by atoms with van der Waals surface area (Å²) in [6.45, 7) is 2.97. The van der Waals surface area contributed by atoms with Gasteiger partial charge in [-0.15, -0.1) is 0 Å². The normalized spacial score (nSPS) is 9.56. The van der Waals surface area contributed by atoms with Crippen molar-refractivity contribution in [3.8, 4) is 0 Å². The Morgan fingerprint density at radius 2 is 1.89 bits per heavy atom. The largest absolute Gasteiger partial charge is 0.458 e. The van der Waals surface area contributed by atoms with Crippen molar-refractivity contribution >= 4 is 17.3 Å². The Hall–Kier alpha value is -2.77. The van der Waals surface area contributed by atoms with Crippen LogP contribution in [-0.4, -0.2) is 15.8 Å². The maximum absolute atomic E-state index is 10.8. The van der Waals surface area contributed by atoms with Gasteiger partial charge in [0.2, 0.25) is 0 Å². The number of ether oxygens (including phenoxy) is 1. The number of carbonyl (C=O) groups excluding carboxylic acids is 1. The SMILES string of the molecule is C=CC(=O)OCc1ccc([N+](=O)[O-])c([N+](=O)[O-])c1. The molecule has 0 atom stereocenters. The summed E-state index contributed by atoms with van der Waals surface area (Å²) < 4.78 is 4.66. The minimum atomic E-state index is -0.864. The Morgan fingerprint density at radius 1 is 1.28 bits per heavy atom. The number of hydrogen-bond donors (Lipinski definition) is 0. The van der Waals surface area contributed by atoms with Crippen molar-refractivity contribution < 1.29 is 19.4 Å². The second-order valence-electron chi connectivity index (χ2n) is 3.15. The summed E-state index contributed by atoms with van der Waals surface area (Å²) in [6, 6.07) is 3.27. The Bertz CT molecular complexity index is 525. The highest BCUT2D eigenvalue weighted by Crippen LogP contribution is 2.27. The third-order valence-corrected chi connectivity index (χ3v) is 1.98. The smallest absolute Gasteiger partial charge is 0.346 e. The monoisotopic (exact) mass is 252 g/mol. The van der Waals surface area contributed by atoms with E-state index in [2.05, 4.69) is 11.3 Å². The molecule has 0 unspecified atom stereocenters. The van der Waals surface area contributed by atoms with E-state index < -0.39 is 27.2 Å². The number of rotatable bonds is 5. The third kappa shape index (κ3) is 3.11. The number of carbonyl (C=O) groups is 1. The first-order chi connectivity index (χ1) is 8.45. The number of hydrogen-bond acceptors (Lipinski definition) is 6. The molecule has 0 aliphatic rings. The van der Waals surface area contributed by atoms with E-state index in [0.717, 1.165) is 18.2 Å². The van der Waals surface area contributed by atoms with Crippen LogP contribution < -0.4 is 0 Å². The number of nitrogens with zero attached hydrogens (tertiary/aromatic N) is 2. The molecule has 0 N–H and O–H groups in total. The van der Waals surface area contributed by atoms with E-state index in [0.29, 0.717) is 0 Å². The molecular weight excluding hydrogens is 244 g/mol. The molecular formula is C10H8N2O6. The quantitative estimate of drug-likeness (QED) is 0.341. The highest BCUT2D eigenvalue weighted by molar-refractivity contribution is 5.81. The molecule has 0 amide bonds. The molecule has 0 bridgehead atoms. The maximum atomic E-state index is 10.8. The van der Waals surface area contributed by atoms with Gasteiger partial charge in [-0.2, -0.15) is 0 Å². The van der Waals surface area contributed by atoms with E-state index in [1.165, 1.54) is 6.07 Å². The molecule has 1 rings (SSSR count). The highest BCUT2D eigenvalue weighted by atomic mass is 16.6. The lowest BCUT2D eigenvalue weighted by atomic mass is 10.2. The van der Waals surface area contributed by atoms with Crippen LogP contribution in [0.2, 0.25) is 0 Å². The molecule has 18 heavy (non-hydrogen) atoms. The fourth-order valence-electron chi connectivity index (χ4n) is 1.17. The van der Waals surface area contributed by atoms with Gasteiger partial charge in [0.1, 0.15) is 6.61 Å². The Balaban J connectivity index is 3.00. The van der Waals surface area contributed by atoms with Crippen molar-refractivity contribution in [3.05, 3.63) is 56.6 Å². The van der Waals surface area contributed by atoms with Crippen molar-refractivity contribution in [2.24, 2.45) is 0 Å². The van der Waals surface area contributed by atoms with Crippen LogP contribution in [0, 0.1) is 20.2 Å². The van der Waals surface area contributed by atoms with E-state index in [1.54, 1.807) is 0 Å². The zero-order chi connectivity index (χ0) is 13.7. The average molecular weight is 252 g/mol. The molecule has 8 heteroatoms. The van der Waals surface area contributed by atoms with Crippen LogP contribution in [0.5, 0.6) is 0 Å². The molecule has 1 aromatic carbocycles. The molecule has 0 aromatic heterocycles. The fraction of sp³-hybridized carbons (Fsp3) is 0.100. The number of nitro benzene ring substituents is 2. The van der Waals surface area contributed by atoms with Gasteiger partial charge in [0.15, 0.2) is 0 Å². The second kappa shape index (κ2) is 5.53. The number of benzene rings is 1. The van der Waals surface area contributed by atoms with E-state index in [4.69, 9.17) is 0 Å². The molecule has 0 aliphatic heterocycles. The summed E-state index contributed by atoms with van der Waals surface area (Å²) >= 11 is 0. The summed E-state index contributed by atoms with van der Waals surface area (Å²) in [6.07, 6.45) is 0.944. The predicted molar refractivity (Wildman–Crippen MR) is 59.7 cm³/mol. The Labute approximate surface area is 101 Å². The lowest BCUT2D eigenvalue weighted by Crippen LogP contribution is -2.02. The van der Waals surface area contributed by atoms with Crippen LogP contribution in [-0.2, 0) is 16.1 Å². The third-order valence-electron chi connectivity index (χ3n) is 1.98. The molecule has 8 nitrogen and oxygen atoms in total. The number of nitro groups is 2. The molecule has 0 spiro atoms. The summed E-state index contributed by atoms with van der Waals surface area (Å²) in [5, 5.41) is 21.2. The molecule has 0 saturated heterocycles. The van der Waals surface area contributed by atoms with Crippen molar-refractivity contribution in [2.75, 3.05) is 0 Å². The zero-order valence-electron chi connectivity index (χ0n) is 9.07. The van der Waals surface area contributed by atoms with Crippen molar-refractivity contribution in [3.63, 3.8) is 0 Å². The predicted octanol–water partition coefficient (Wildman–Crippen LogP) is 1.73. The van der Waals surface area contributed by atoms with Crippen LogP contribution in [0.4, 0.5) is 11.4 Å². The lowest BCUT2D eigenvalue weighted by Gasteiger charge is -2.02. The van der Waals surface area contributed by atoms with Crippen LogP contribution in [0.1, 0.15) is 5.56 Å². The number of esters is 1. The van der Waals surface area contributed by atoms with Gasteiger partial charge in [-0.25, -0.2) is 4.79 Å². The van der Waals surface area contributed by atoms with Crippen LogP contribution in [0.3, 0.4) is 0 Å². The summed E-state index contributed by atoms with van der Waals surface area (Å²) in [7, 11) is 0. The second-order valence-corrected chi connectivity index (χ2v) is 3.15.